The van der Waals surface area contributed by atoms with Gasteiger partial charge in [0.05, 0.1) is 14.2 Å². The molecule has 0 aromatic heterocycles. The summed E-state index contributed by atoms with van der Waals surface area (Å²) in [6, 6.07) is 5.59. The van der Waals surface area contributed by atoms with Crippen LogP contribution in [0, 0.1) is 5.92 Å². The highest BCUT2D eigenvalue weighted by Gasteiger charge is 2.45. The summed E-state index contributed by atoms with van der Waals surface area (Å²) in [5.41, 5.74) is 2.89. The van der Waals surface area contributed by atoms with Gasteiger partial charge >= 0.3 is 5.97 Å². The van der Waals surface area contributed by atoms with Crippen LogP contribution in [-0.2, 0) is 14.3 Å². The molecular formula is C24H29NO5. The Hall–Kier alpha value is -2.63. The summed E-state index contributed by atoms with van der Waals surface area (Å²) in [5, 5.41) is 0. The summed E-state index contributed by atoms with van der Waals surface area (Å²) >= 11 is 0. The maximum absolute atomic E-state index is 13.4. The number of carbonyl (C=O) groups is 2. The first-order chi connectivity index (χ1) is 14.5. The fourth-order valence-corrected chi connectivity index (χ4v) is 5.05. The average Bonchev–Trinajstić information content (AvgIpc) is 3.25. The van der Waals surface area contributed by atoms with Crippen molar-refractivity contribution in [3.8, 4) is 11.5 Å². The quantitative estimate of drug-likeness (QED) is 0.673. The standard InChI is InChI=1S/C24H29NO5/c1-14-20(24(27)30-15-8-4-5-9-15)21(22-17(25-14)11-7-12-18(22)26)16-10-6-13-19(28-2)23(16)29-3/h6,10,13,15,20-21H,4-5,7-9,11-12H2,1-3H3/t20?,21-/m0/s1. The zero-order valence-corrected chi connectivity index (χ0v) is 17.9. The van der Waals surface area contributed by atoms with Crippen molar-refractivity contribution in [2.45, 2.75) is 63.9 Å². The van der Waals surface area contributed by atoms with Crippen molar-refractivity contribution in [2.24, 2.45) is 10.9 Å². The van der Waals surface area contributed by atoms with Gasteiger partial charge in [0.15, 0.2) is 17.3 Å². The summed E-state index contributed by atoms with van der Waals surface area (Å²) in [4.78, 5) is 31.1. The number of hydrogen-bond acceptors (Lipinski definition) is 6. The minimum Gasteiger partial charge on any atom is -0.493 e. The summed E-state index contributed by atoms with van der Waals surface area (Å²) in [5.74, 6) is -0.257. The highest BCUT2D eigenvalue weighted by atomic mass is 16.5. The molecule has 0 N–H and O–H groups in total. The van der Waals surface area contributed by atoms with E-state index >= 15 is 0 Å². The van der Waals surface area contributed by atoms with E-state index in [1.54, 1.807) is 14.2 Å². The number of nitrogens with zero attached hydrogens (tertiary/aromatic N) is 1. The number of ketones is 1. The van der Waals surface area contributed by atoms with Crippen molar-refractivity contribution < 1.29 is 23.8 Å². The molecule has 0 bridgehead atoms. The lowest BCUT2D eigenvalue weighted by Gasteiger charge is -2.35. The summed E-state index contributed by atoms with van der Waals surface area (Å²) in [7, 11) is 3.16. The van der Waals surface area contributed by atoms with Crippen molar-refractivity contribution in [2.75, 3.05) is 14.2 Å². The molecule has 0 amide bonds. The third-order valence-electron chi connectivity index (χ3n) is 6.44. The van der Waals surface area contributed by atoms with Crippen LogP contribution in [0.15, 0.2) is 34.5 Å². The van der Waals surface area contributed by atoms with Gasteiger partial charge in [0.2, 0.25) is 0 Å². The van der Waals surface area contributed by atoms with E-state index in [4.69, 9.17) is 19.2 Å². The molecule has 2 aliphatic carbocycles. The molecule has 1 heterocycles. The summed E-state index contributed by atoms with van der Waals surface area (Å²) in [6.45, 7) is 1.86. The number of esters is 1. The number of rotatable bonds is 5. The van der Waals surface area contributed by atoms with Crippen LogP contribution in [0.5, 0.6) is 11.5 Å². The smallest absolute Gasteiger partial charge is 0.315 e. The molecule has 2 atom stereocenters. The van der Waals surface area contributed by atoms with Crippen LogP contribution in [0.2, 0.25) is 0 Å². The van der Waals surface area contributed by atoms with Crippen molar-refractivity contribution in [3.63, 3.8) is 0 Å². The highest BCUT2D eigenvalue weighted by Crippen LogP contribution is 2.48. The van der Waals surface area contributed by atoms with Crippen LogP contribution in [0.3, 0.4) is 0 Å². The van der Waals surface area contributed by atoms with E-state index in [1.807, 2.05) is 25.1 Å². The van der Waals surface area contributed by atoms with E-state index in [-0.39, 0.29) is 17.9 Å². The lowest BCUT2D eigenvalue weighted by atomic mass is 9.71. The number of benzene rings is 1. The van der Waals surface area contributed by atoms with Crippen LogP contribution >= 0.6 is 0 Å². The van der Waals surface area contributed by atoms with E-state index in [0.29, 0.717) is 29.2 Å². The Morgan fingerprint density at radius 1 is 1.07 bits per heavy atom. The predicted molar refractivity (Wildman–Crippen MR) is 113 cm³/mol. The minimum atomic E-state index is -0.646. The van der Waals surface area contributed by atoms with E-state index in [2.05, 4.69) is 0 Å². The van der Waals surface area contributed by atoms with Crippen LogP contribution < -0.4 is 9.47 Å². The van der Waals surface area contributed by atoms with Crippen LogP contribution in [0.25, 0.3) is 0 Å². The molecule has 1 aliphatic heterocycles. The monoisotopic (exact) mass is 411 g/mol. The highest BCUT2D eigenvalue weighted by molar-refractivity contribution is 6.09. The Morgan fingerprint density at radius 3 is 2.53 bits per heavy atom. The fourth-order valence-electron chi connectivity index (χ4n) is 5.05. The normalized spacial score (nSPS) is 24.4. The van der Waals surface area contributed by atoms with Gasteiger partial charge in [-0.25, -0.2) is 0 Å². The summed E-state index contributed by atoms with van der Waals surface area (Å²) in [6.07, 6.45) is 5.91. The minimum absolute atomic E-state index is 0.0458. The van der Waals surface area contributed by atoms with Gasteiger partial charge in [-0.3, -0.25) is 14.6 Å². The van der Waals surface area contributed by atoms with Gasteiger partial charge in [0, 0.05) is 34.9 Å². The number of methoxy groups -OCH3 is 2. The van der Waals surface area contributed by atoms with E-state index in [1.165, 1.54) is 0 Å². The predicted octanol–water partition coefficient (Wildman–Crippen LogP) is 4.37. The lowest BCUT2D eigenvalue weighted by Crippen LogP contribution is -2.38. The maximum Gasteiger partial charge on any atom is 0.315 e. The van der Waals surface area contributed by atoms with E-state index in [0.717, 1.165) is 49.8 Å². The molecule has 3 aliphatic rings. The molecule has 1 aromatic carbocycles. The molecule has 0 spiro atoms. The fraction of sp³-hybridized carbons (Fsp3) is 0.542. The Morgan fingerprint density at radius 2 is 1.83 bits per heavy atom. The molecule has 0 saturated heterocycles. The zero-order chi connectivity index (χ0) is 21.3. The van der Waals surface area contributed by atoms with Gasteiger partial charge in [0.1, 0.15) is 12.0 Å². The van der Waals surface area contributed by atoms with Gasteiger partial charge in [0.25, 0.3) is 0 Å². The molecule has 1 aromatic rings. The maximum atomic E-state index is 13.4. The Balaban J connectivity index is 1.83. The van der Waals surface area contributed by atoms with Crippen LogP contribution in [0.4, 0.5) is 0 Å². The van der Waals surface area contributed by atoms with Crippen molar-refractivity contribution in [3.05, 3.63) is 35.0 Å². The number of para-hydroxylation sites is 1. The van der Waals surface area contributed by atoms with Gasteiger partial charge < -0.3 is 14.2 Å². The molecule has 4 rings (SSSR count). The Bertz CT molecular complexity index is 910. The molecule has 6 nitrogen and oxygen atoms in total. The SMILES string of the molecule is COc1cccc([C@@H]2C3=C(CCCC3=O)N=C(C)C2C(=O)OC2CCCC2)c1OC. The molecular weight excluding hydrogens is 382 g/mol. The topological polar surface area (TPSA) is 74.2 Å². The third-order valence-corrected chi connectivity index (χ3v) is 6.44. The zero-order valence-electron chi connectivity index (χ0n) is 17.9. The first kappa shape index (κ1) is 20.6. The van der Waals surface area contributed by atoms with Crippen LogP contribution in [0.1, 0.15) is 63.4 Å². The van der Waals surface area contributed by atoms with Gasteiger partial charge in [-0.05, 0) is 51.5 Å². The van der Waals surface area contributed by atoms with E-state index < -0.39 is 11.8 Å². The lowest BCUT2D eigenvalue weighted by molar-refractivity contribution is -0.151. The van der Waals surface area contributed by atoms with Crippen LogP contribution in [-0.4, -0.2) is 37.8 Å². The average molecular weight is 411 g/mol. The van der Waals surface area contributed by atoms with Gasteiger partial charge in [-0.2, -0.15) is 0 Å². The molecule has 30 heavy (non-hydrogen) atoms. The molecule has 1 fully saturated rings. The van der Waals surface area contributed by atoms with Crippen molar-refractivity contribution >= 4 is 17.5 Å². The second-order valence-electron chi connectivity index (χ2n) is 8.27. The van der Waals surface area contributed by atoms with Gasteiger partial charge in [-0.1, -0.05) is 12.1 Å². The number of ether oxygens (including phenoxy) is 3. The first-order valence-corrected chi connectivity index (χ1v) is 10.8. The largest absolute Gasteiger partial charge is 0.493 e. The molecule has 160 valence electrons. The molecule has 6 heteroatoms. The molecule has 1 saturated carbocycles. The number of allylic oxidation sites excluding steroid dienone is 2. The van der Waals surface area contributed by atoms with E-state index in [9.17, 15) is 9.59 Å². The third kappa shape index (κ3) is 3.64. The molecule has 0 radical (unpaired) electrons. The second-order valence-corrected chi connectivity index (χ2v) is 8.27. The Labute approximate surface area is 177 Å². The number of Topliss-reactive ketones (excluding diaryl/α,β-unsaturated/α-hetero) is 1. The Kier molecular flexibility index (Phi) is 5.93. The number of aliphatic imine (C=N–C) groups is 1. The van der Waals surface area contributed by atoms with Crippen molar-refractivity contribution in [1.82, 2.24) is 0 Å². The second kappa shape index (κ2) is 8.62. The van der Waals surface area contributed by atoms with Gasteiger partial charge in [-0.15, -0.1) is 0 Å². The summed E-state index contributed by atoms with van der Waals surface area (Å²) < 4.78 is 17.1. The van der Waals surface area contributed by atoms with Crippen molar-refractivity contribution in [1.29, 1.82) is 0 Å². The molecule has 1 unspecified atom stereocenters. The number of hydrogen-bond donors (Lipinski definition) is 0. The first-order valence-electron chi connectivity index (χ1n) is 10.8. The number of carbonyl (C=O) groups excluding carboxylic acids is 2.